The number of aliphatic hydroxyl groups is 1. The van der Waals surface area contributed by atoms with Crippen LogP contribution in [-0.4, -0.2) is 73.4 Å². The summed E-state index contributed by atoms with van der Waals surface area (Å²) in [6.07, 6.45) is 49.0. The minimum absolute atomic E-state index is 0.0509. The number of nitrogens with one attached hydrogen (secondary N) is 1. The lowest BCUT2D eigenvalue weighted by Crippen LogP contribution is -2.45. The summed E-state index contributed by atoms with van der Waals surface area (Å²) in [5, 5.41) is 13.8. The van der Waals surface area contributed by atoms with Crippen molar-refractivity contribution in [2.24, 2.45) is 0 Å². The van der Waals surface area contributed by atoms with E-state index in [4.69, 9.17) is 9.05 Å². The number of likely N-dealkylation sites (N-methyl/N-ethyl adjacent to an activating group) is 1. The largest absolute Gasteiger partial charge is 0.472 e. The van der Waals surface area contributed by atoms with Gasteiger partial charge in [0, 0.05) is 6.42 Å². The number of carbonyl (C=O) groups is 1. The molecular formula is C47H90N2O6P+. The van der Waals surface area contributed by atoms with Crippen molar-refractivity contribution < 1.29 is 32.9 Å². The van der Waals surface area contributed by atoms with E-state index in [0.717, 1.165) is 57.8 Å². The van der Waals surface area contributed by atoms with Gasteiger partial charge >= 0.3 is 7.82 Å². The highest BCUT2D eigenvalue weighted by molar-refractivity contribution is 7.47. The van der Waals surface area contributed by atoms with E-state index in [0.29, 0.717) is 17.4 Å². The molecule has 0 aromatic carbocycles. The number of aliphatic hydroxyl groups excluding tert-OH is 1. The molecule has 0 aliphatic rings. The highest BCUT2D eigenvalue weighted by Crippen LogP contribution is 2.43. The van der Waals surface area contributed by atoms with Crippen LogP contribution in [0.2, 0.25) is 0 Å². The van der Waals surface area contributed by atoms with E-state index in [1.165, 1.54) is 116 Å². The van der Waals surface area contributed by atoms with Gasteiger partial charge < -0.3 is 19.8 Å². The Morgan fingerprint density at radius 2 is 0.982 bits per heavy atom. The van der Waals surface area contributed by atoms with Crippen molar-refractivity contribution in [2.45, 2.75) is 206 Å². The van der Waals surface area contributed by atoms with E-state index >= 15 is 0 Å². The summed E-state index contributed by atoms with van der Waals surface area (Å²) in [5.41, 5.74) is 0. The quantitative estimate of drug-likeness (QED) is 0.0246. The molecule has 3 atom stereocenters. The van der Waals surface area contributed by atoms with Crippen LogP contribution in [-0.2, 0) is 18.4 Å². The molecular weight excluding hydrogens is 719 g/mol. The van der Waals surface area contributed by atoms with Crippen molar-refractivity contribution in [1.82, 2.24) is 5.32 Å². The average Bonchev–Trinajstić information content (AvgIpc) is 3.15. The van der Waals surface area contributed by atoms with E-state index < -0.39 is 20.0 Å². The smallest absolute Gasteiger partial charge is 0.387 e. The van der Waals surface area contributed by atoms with Crippen molar-refractivity contribution in [2.75, 3.05) is 40.9 Å². The van der Waals surface area contributed by atoms with Crippen LogP contribution < -0.4 is 5.32 Å². The lowest BCUT2D eigenvalue weighted by Gasteiger charge is -2.25. The van der Waals surface area contributed by atoms with E-state index in [-0.39, 0.29) is 19.1 Å². The molecule has 56 heavy (non-hydrogen) atoms. The SMILES string of the molecule is CCCCCC/C=C\CCCCCCCC(=O)NC(COP(=O)(O)OCC[N+](C)(C)C)C(O)/C=C/CC/C=C/CC/C=C/CCCCCCCCCCCCC. The summed E-state index contributed by atoms with van der Waals surface area (Å²) < 4.78 is 23.5. The maximum Gasteiger partial charge on any atom is 0.472 e. The van der Waals surface area contributed by atoms with E-state index in [1.807, 2.05) is 27.2 Å². The zero-order valence-electron chi connectivity index (χ0n) is 37.1. The van der Waals surface area contributed by atoms with Crippen molar-refractivity contribution in [3.05, 3.63) is 48.6 Å². The second-order valence-corrected chi connectivity index (χ2v) is 18.2. The van der Waals surface area contributed by atoms with Crippen molar-refractivity contribution in [3.8, 4) is 0 Å². The van der Waals surface area contributed by atoms with E-state index in [2.05, 4.69) is 55.6 Å². The fourth-order valence-electron chi connectivity index (χ4n) is 6.30. The fourth-order valence-corrected chi connectivity index (χ4v) is 7.04. The first kappa shape index (κ1) is 54.5. The minimum Gasteiger partial charge on any atom is -0.387 e. The van der Waals surface area contributed by atoms with Crippen LogP contribution in [0.15, 0.2) is 48.6 Å². The molecule has 0 bridgehead atoms. The zero-order chi connectivity index (χ0) is 41.4. The standard InChI is InChI=1S/C47H89N2O6P/c1-6-8-10-12-14-16-18-20-21-22-23-24-25-26-27-29-30-32-34-36-38-40-46(50)45(44-55-56(52,53)54-43-42-49(3,4)5)48-47(51)41-39-37-35-33-31-28-19-17-15-13-11-9-7-2/h17,19,25-26,30,32,38,40,45-46,50H,6-16,18,20-24,27-29,31,33-37,39,41-44H2,1-5H3,(H-,48,51,52,53)/p+1/b19-17-,26-25+,32-30+,40-38+. The first-order valence-corrected chi connectivity index (χ1v) is 24.5. The third-order valence-electron chi connectivity index (χ3n) is 10.00. The molecule has 0 spiro atoms. The van der Waals surface area contributed by atoms with Crippen LogP contribution in [0.5, 0.6) is 0 Å². The summed E-state index contributed by atoms with van der Waals surface area (Å²) in [6.45, 7) is 4.75. The van der Waals surface area contributed by atoms with Crippen molar-refractivity contribution in [1.29, 1.82) is 0 Å². The maximum atomic E-state index is 12.8. The van der Waals surface area contributed by atoms with Gasteiger partial charge in [0.15, 0.2) is 0 Å². The second-order valence-electron chi connectivity index (χ2n) is 16.8. The summed E-state index contributed by atoms with van der Waals surface area (Å²) >= 11 is 0. The normalized spacial score (nSPS) is 14.8. The number of allylic oxidation sites excluding steroid dienone is 7. The van der Waals surface area contributed by atoms with Gasteiger partial charge in [0.2, 0.25) is 5.91 Å². The number of hydrogen-bond acceptors (Lipinski definition) is 5. The lowest BCUT2D eigenvalue weighted by atomic mass is 10.1. The molecule has 3 unspecified atom stereocenters. The third-order valence-corrected chi connectivity index (χ3v) is 11.0. The van der Waals surface area contributed by atoms with E-state index in [1.54, 1.807) is 6.08 Å². The monoisotopic (exact) mass is 810 g/mol. The molecule has 0 saturated carbocycles. The molecule has 0 saturated heterocycles. The molecule has 0 heterocycles. The molecule has 0 rings (SSSR count). The van der Waals surface area contributed by atoms with Crippen LogP contribution in [0, 0.1) is 0 Å². The molecule has 1 amide bonds. The van der Waals surface area contributed by atoms with Gasteiger partial charge in [-0.3, -0.25) is 13.8 Å². The molecule has 3 N–H and O–H groups in total. The topological polar surface area (TPSA) is 105 Å². The highest BCUT2D eigenvalue weighted by Gasteiger charge is 2.27. The van der Waals surface area contributed by atoms with Gasteiger partial charge in [-0.25, -0.2) is 4.57 Å². The highest BCUT2D eigenvalue weighted by atomic mass is 31.2. The average molecular weight is 810 g/mol. The summed E-state index contributed by atoms with van der Waals surface area (Å²) in [7, 11) is 1.54. The number of rotatable bonds is 41. The Kier molecular flexibility index (Phi) is 37.9. The predicted octanol–water partition coefficient (Wildman–Crippen LogP) is 12.9. The molecule has 0 aromatic heterocycles. The predicted molar refractivity (Wildman–Crippen MR) is 240 cm³/mol. The summed E-state index contributed by atoms with van der Waals surface area (Å²) in [4.78, 5) is 23.1. The van der Waals surface area contributed by atoms with Gasteiger partial charge in [0.05, 0.1) is 39.9 Å². The molecule has 0 aliphatic heterocycles. The molecule has 8 nitrogen and oxygen atoms in total. The van der Waals surface area contributed by atoms with Gasteiger partial charge in [-0.05, 0) is 70.6 Å². The number of quaternary nitrogens is 1. The van der Waals surface area contributed by atoms with Crippen LogP contribution in [0.25, 0.3) is 0 Å². The van der Waals surface area contributed by atoms with Crippen molar-refractivity contribution >= 4 is 13.7 Å². The Balaban J connectivity index is 4.47. The molecule has 0 radical (unpaired) electrons. The van der Waals surface area contributed by atoms with Crippen LogP contribution in [0.3, 0.4) is 0 Å². The zero-order valence-corrected chi connectivity index (χ0v) is 38.0. The number of phosphoric acid groups is 1. The van der Waals surface area contributed by atoms with Crippen LogP contribution >= 0.6 is 7.82 Å². The summed E-state index contributed by atoms with van der Waals surface area (Å²) in [6, 6.07) is -0.873. The number of carbonyl (C=O) groups excluding carboxylic acids is 1. The second kappa shape index (κ2) is 38.9. The number of phosphoric ester groups is 1. The maximum absolute atomic E-state index is 12.8. The van der Waals surface area contributed by atoms with Gasteiger partial charge in [0.1, 0.15) is 13.2 Å². The molecule has 0 aromatic rings. The van der Waals surface area contributed by atoms with Crippen LogP contribution in [0.4, 0.5) is 0 Å². The van der Waals surface area contributed by atoms with Gasteiger partial charge in [-0.15, -0.1) is 0 Å². The number of unbranched alkanes of at least 4 members (excludes halogenated alkanes) is 22. The Hall–Kier alpha value is -1.54. The molecule has 9 heteroatoms. The fraction of sp³-hybridized carbons (Fsp3) is 0.809. The minimum atomic E-state index is -4.35. The van der Waals surface area contributed by atoms with Crippen LogP contribution in [0.1, 0.15) is 194 Å². The number of amides is 1. The van der Waals surface area contributed by atoms with Crippen molar-refractivity contribution in [3.63, 3.8) is 0 Å². The van der Waals surface area contributed by atoms with Gasteiger partial charge in [-0.2, -0.15) is 0 Å². The molecule has 0 fully saturated rings. The van der Waals surface area contributed by atoms with Gasteiger partial charge in [-0.1, -0.05) is 165 Å². The summed E-state index contributed by atoms with van der Waals surface area (Å²) in [5.74, 6) is -0.202. The van der Waals surface area contributed by atoms with Gasteiger partial charge in [0.25, 0.3) is 0 Å². The third kappa shape index (κ3) is 40.6. The van der Waals surface area contributed by atoms with E-state index in [9.17, 15) is 19.4 Å². The molecule has 328 valence electrons. The number of nitrogens with zero attached hydrogens (tertiary/aromatic N) is 1. The lowest BCUT2D eigenvalue weighted by molar-refractivity contribution is -0.870. The first-order chi connectivity index (χ1) is 27.0. The number of hydrogen-bond donors (Lipinski definition) is 3. The molecule has 0 aliphatic carbocycles. The Morgan fingerprint density at radius 3 is 1.45 bits per heavy atom. The first-order valence-electron chi connectivity index (χ1n) is 23.0. The Bertz CT molecular complexity index is 1050. The Morgan fingerprint density at radius 1 is 0.589 bits per heavy atom. The Labute approximate surface area is 346 Å².